The normalized spacial score (nSPS) is 11.4. The van der Waals surface area contributed by atoms with E-state index in [1.165, 1.54) is 0 Å². The minimum Gasteiger partial charge on any atom is -0.380 e. The van der Waals surface area contributed by atoms with Crippen molar-refractivity contribution >= 4 is 27.5 Å². The lowest BCUT2D eigenvalue weighted by Crippen LogP contribution is -2.29. The number of benzene rings is 1. The summed E-state index contributed by atoms with van der Waals surface area (Å²) in [5.74, 6) is 0.110. The quantitative estimate of drug-likeness (QED) is 0.492. The third kappa shape index (κ3) is 5.03. The summed E-state index contributed by atoms with van der Waals surface area (Å²) >= 11 is 3.40. The van der Waals surface area contributed by atoms with Crippen LogP contribution in [0.2, 0.25) is 0 Å². The van der Waals surface area contributed by atoms with Crippen LogP contribution in [0.15, 0.2) is 27.5 Å². The van der Waals surface area contributed by atoms with Crippen LogP contribution in [-0.2, 0) is 11.3 Å². The molecule has 0 unspecified atom stereocenters. The van der Waals surface area contributed by atoms with Crippen LogP contribution in [0.25, 0.3) is 0 Å². The van der Waals surface area contributed by atoms with Crippen LogP contribution in [0, 0.1) is 13.8 Å². The topological polar surface area (TPSA) is 60.3 Å². The molecule has 0 aliphatic rings. The summed E-state index contributed by atoms with van der Waals surface area (Å²) in [5, 5.41) is 3.08. The number of nitrogens with one attached hydrogen (secondary N) is 1. The fourth-order valence-electron chi connectivity index (χ4n) is 3.72. The molecule has 2 rings (SSSR count). The molecule has 0 spiro atoms. The van der Waals surface area contributed by atoms with Gasteiger partial charge in [0.25, 0.3) is 5.91 Å². The summed E-state index contributed by atoms with van der Waals surface area (Å²) in [6.45, 7) is 15.7. The maximum atomic E-state index is 13.4. The van der Waals surface area contributed by atoms with E-state index in [1.54, 1.807) is 0 Å². The molecule has 1 heterocycles. The highest BCUT2D eigenvalue weighted by Gasteiger charge is 2.23. The van der Waals surface area contributed by atoms with Crippen LogP contribution in [0.1, 0.15) is 79.3 Å². The average molecular weight is 477 g/mol. The monoisotopic (exact) mass is 476 g/mol. The minimum absolute atomic E-state index is 0.164. The molecule has 0 atom stereocenters. The van der Waals surface area contributed by atoms with Crippen molar-refractivity contribution in [2.24, 2.45) is 0 Å². The Morgan fingerprint density at radius 1 is 1.10 bits per heavy atom. The summed E-state index contributed by atoms with van der Waals surface area (Å²) in [6, 6.07) is 6.09. The number of para-hydroxylation sites is 1. The van der Waals surface area contributed by atoms with Gasteiger partial charge in [-0.05, 0) is 59.7 Å². The molecule has 1 aromatic carbocycles. The number of nitrogens with zero attached hydrogens (tertiary/aromatic N) is 1. The largest absolute Gasteiger partial charge is 0.380 e. The Hall–Kier alpha value is -1.92. The Morgan fingerprint density at radius 3 is 2.17 bits per heavy atom. The van der Waals surface area contributed by atoms with Gasteiger partial charge in [-0.15, -0.1) is 0 Å². The van der Waals surface area contributed by atoms with Crippen molar-refractivity contribution in [2.45, 2.75) is 66.8 Å². The highest BCUT2D eigenvalue weighted by molar-refractivity contribution is 9.10. The molecule has 6 heteroatoms. The fourth-order valence-corrected chi connectivity index (χ4v) is 4.13. The molecule has 5 nitrogen and oxygen atoms in total. The van der Waals surface area contributed by atoms with Gasteiger partial charge in [-0.25, -0.2) is 0 Å². The van der Waals surface area contributed by atoms with Crippen molar-refractivity contribution < 1.29 is 9.53 Å². The molecule has 0 aliphatic heterocycles. The molecule has 1 amide bonds. The lowest BCUT2D eigenvalue weighted by atomic mass is 9.92. The number of pyridine rings is 1. The molecule has 0 bridgehead atoms. The molecule has 1 N–H and O–H groups in total. The molecule has 1 aromatic heterocycles. The number of aromatic nitrogens is 1. The molecule has 164 valence electrons. The van der Waals surface area contributed by atoms with Gasteiger partial charge in [0, 0.05) is 30.2 Å². The second kappa shape index (κ2) is 10.4. The zero-order valence-corrected chi connectivity index (χ0v) is 20.6. The van der Waals surface area contributed by atoms with E-state index in [0.29, 0.717) is 29.9 Å². The highest BCUT2D eigenvalue weighted by Crippen LogP contribution is 2.33. The molecule has 0 fully saturated rings. The van der Waals surface area contributed by atoms with Crippen LogP contribution in [0.3, 0.4) is 0 Å². The van der Waals surface area contributed by atoms with Crippen LogP contribution < -0.4 is 10.7 Å². The molecule has 0 radical (unpaired) electrons. The summed E-state index contributed by atoms with van der Waals surface area (Å²) < 4.78 is 7.86. The third-order valence-electron chi connectivity index (χ3n) is 5.42. The van der Waals surface area contributed by atoms with Gasteiger partial charge < -0.3 is 14.6 Å². The van der Waals surface area contributed by atoms with Gasteiger partial charge in [0.15, 0.2) is 0 Å². The van der Waals surface area contributed by atoms with E-state index in [0.717, 1.165) is 22.5 Å². The van der Waals surface area contributed by atoms with Crippen LogP contribution in [-0.4, -0.2) is 23.7 Å². The predicted octanol–water partition coefficient (Wildman–Crippen LogP) is 5.76. The van der Waals surface area contributed by atoms with Crippen LogP contribution in [0.5, 0.6) is 0 Å². The van der Waals surface area contributed by atoms with E-state index in [1.807, 2.05) is 43.5 Å². The van der Waals surface area contributed by atoms with Gasteiger partial charge in [-0.1, -0.05) is 45.9 Å². The maximum absolute atomic E-state index is 13.4. The minimum atomic E-state index is -0.377. The number of halogens is 1. The Bertz CT molecular complexity index is 951. The second-order valence-electron chi connectivity index (χ2n) is 8.11. The molecule has 0 saturated heterocycles. The van der Waals surface area contributed by atoms with Gasteiger partial charge in [0.2, 0.25) is 5.43 Å². The zero-order chi connectivity index (χ0) is 22.6. The molecule has 0 aliphatic carbocycles. The molecular formula is C24H33BrN2O3. The number of hydrogen-bond acceptors (Lipinski definition) is 3. The number of carbonyl (C=O) groups is 1. The number of hydrogen-bond donors (Lipinski definition) is 1. The van der Waals surface area contributed by atoms with Gasteiger partial charge >= 0.3 is 0 Å². The molecule has 30 heavy (non-hydrogen) atoms. The van der Waals surface area contributed by atoms with Crippen molar-refractivity contribution in [3.63, 3.8) is 0 Å². The standard InChI is InChI=1S/C24H33BrN2O3/c1-8-30-13-12-27-16(6)20(23(28)21(25)17(27)7)24(29)26-22-18(14(2)3)10-9-11-19(22)15(4)5/h9-11,14-15H,8,12-13H2,1-7H3,(H,26,29). The number of rotatable bonds is 8. The van der Waals surface area contributed by atoms with Crippen LogP contribution in [0.4, 0.5) is 5.69 Å². The Kier molecular flexibility index (Phi) is 8.44. The first-order valence-electron chi connectivity index (χ1n) is 10.5. The first-order chi connectivity index (χ1) is 14.1. The number of amides is 1. The van der Waals surface area contributed by atoms with Gasteiger partial charge in [-0.3, -0.25) is 9.59 Å². The molecule has 0 saturated carbocycles. The maximum Gasteiger partial charge on any atom is 0.261 e. The second-order valence-corrected chi connectivity index (χ2v) is 8.91. The smallest absolute Gasteiger partial charge is 0.261 e. The van der Waals surface area contributed by atoms with E-state index in [4.69, 9.17) is 4.74 Å². The van der Waals surface area contributed by atoms with Crippen LogP contribution >= 0.6 is 15.9 Å². The van der Waals surface area contributed by atoms with Crippen molar-refractivity contribution in [1.29, 1.82) is 0 Å². The number of anilines is 1. The van der Waals surface area contributed by atoms with E-state index in [-0.39, 0.29) is 28.7 Å². The van der Waals surface area contributed by atoms with Gasteiger partial charge in [-0.2, -0.15) is 0 Å². The highest BCUT2D eigenvalue weighted by atomic mass is 79.9. The average Bonchev–Trinajstić information content (AvgIpc) is 2.68. The summed E-state index contributed by atoms with van der Waals surface area (Å²) in [6.07, 6.45) is 0. The summed E-state index contributed by atoms with van der Waals surface area (Å²) in [5.41, 5.74) is 4.25. The van der Waals surface area contributed by atoms with Gasteiger partial charge in [0.05, 0.1) is 11.1 Å². The Labute approximate surface area is 188 Å². The Morgan fingerprint density at radius 2 is 1.67 bits per heavy atom. The van der Waals surface area contributed by atoms with Crippen molar-refractivity contribution in [3.05, 3.63) is 61.0 Å². The first kappa shape index (κ1) is 24.4. The number of ether oxygens (including phenoxy) is 1. The lowest BCUT2D eigenvalue weighted by molar-refractivity contribution is 0.102. The van der Waals surface area contributed by atoms with Crippen molar-refractivity contribution in [2.75, 3.05) is 18.5 Å². The third-order valence-corrected chi connectivity index (χ3v) is 6.35. The molecular weight excluding hydrogens is 444 g/mol. The van der Waals surface area contributed by atoms with Crippen molar-refractivity contribution in [1.82, 2.24) is 4.57 Å². The fraction of sp³-hybridized carbons (Fsp3) is 0.500. The van der Waals surface area contributed by atoms with E-state index < -0.39 is 0 Å². The number of carbonyl (C=O) groups excluding carboxylic acids is 1. The van der Waals surface area contributed by atoms with Crippen molar-refractivity contribution in [3.8, 4) is 0 Å². The SMILES string of the molecule is CCOCCn1c(C)c(Br)c(=O)c(C(=O)Nc2c(C(C)C)cccc2C(C)C)c1C. The van der Waals surface area contributed by atoms with Gasteiger partial charge in [0.1, 0.15) is 5.56 Å². The first-order valence-corrected chi connectivity index (χ1v) is 11.3. The van der Waals surface area contributed by atoms with E-state index in [9.17, 15) is 9.59 Å². The zero-order valence-electron chi connectivity index (χ0n) is 19.1. The summed E-state index contributed by atoms with van der Waals surface area (Å²) in [4.78, 5) is 26.4. The predicted molar refractivity (Wildman–Crippen MR) is 127 cm³/mol. The van der Waals surface area contributed by atoms with E-state index >= 15 is 0 Å². The van der Waals surface area contributed by atoms with E-state index in [2.05, 4.69) is 48.9 Å². The molecule has 2 aromatic rings. The summed E-state index contributed by atoms with van der Waals surface area (Å²) in [7, 11) is 0. The Balaban J connectivity index is 2.57. The lowest BCUT2D eigenvalue weighted by Gasteiger charge is -2.22.